The second-order valence-electron chi connectivity index (χ2n) is 7.22. The molecule has 0 aromatic heterocycles. The second kappa shape index (κ2) is 6.79. The van der Waals surface area contributed by atoms with Gasteiger partial charge in [0.05, 0.1) is 12.0 Å². The minimum atomic E-state index is -3.61. The molecule has 1 aromatic rings. The number of benzene rings is 1. The molecule has 2 heterocycles. The molecule has 3 amide bonds. The van der Waals surface area contributed by atoms with E-state index >= 15 is 0 Å². The number of carbonyl (C=O) groups is 2. The van der Waals surface area contributed by atoms with Gasteiger partial charge >= 0.3 is 6.03 Å². The Hall–Kier alpha value is -2.13. The highest BCUT2D eigenvalue weighted by Crippen LogP contribution is 2.33. The Kier molecular flexibility index (Phi) is 4.59. The van der Waals surface area contributed by atoms with E-state index in [1.54, 1.807) is 23.1 Å². The molecule has 1 aromatic carbocycles. The highest BCUT2D eigenvalue weighted by Gasteiger charge is 2.47. The summed E-state index contributed by atoms with van der Waals surface area (Å²) in [5, 5.41) is 0. The number of carbonyl (C=O) groups excluding carboxylic acids is 2. The molecular formula is C18H23N3O5S. The first-order valence-corrected chi connectivity index (χ1v) is 10.6. The van der Waals surface area contributed by atoms with Gasteiger partial charge in [-0.25, -0.2) is 13.2 Å². The summed E-state index contributed by atoms with van der Waals surface area (Å²) in [6, 6.07) is 6.19. The maximum atomic E-state index is 12.9. The van der Waals surface area contributed by atoms with E-state index in [4.69, 9.17) is 4.74 Å². The van der Waals surface area contributed by atoms with E-state index in [2.05, 4.69) is 0 Å². The minimum absolute atomic E-state index is 0.0727. The summed E-state index contributed by atoms with van der Waals surface area (Å²) in [6.07, 6.45) is 2.84. The van der Waals surface area contributed by atoms with E-state index in [9.17, 15) is 18.0 Å². The fourth-order valence-corrected chi connectivity index (χ4v) is 5.32. The number of nitrogens with zero attached hydrogens (tertiary/aromatic N) is 3. The van der Waals surface area contributed by atoms with Crippen molar-refractivity contribution in [1.82, 2.24) is 14.1 Å². The van der Waals surface area contributed by atoms with Crippen LogP contribution < -0.4 is 4.74 Å². The maximum absolute atomic E-state index is 12.9. The van der Waals surface area contributed by atoms with Crippen molar-refractivity contribution in [2.24, 2.45) is 0 Å². The Labute approximate surface area is 158 Å². The summed E-state index contributed by atoms with van der Waals surface area (Å²) in [6.45, 7) is 0.764. The third-order valence-electron chi connectivity index (χ3n) is 5.48. The molecule has 27 heavy (non-hydrogen) atoms. The Morgan fingerprint density at radius 3 is 2.37 bits per heavy atom. The highest BCUT2D eigenvalue weighted by molar-refractivity contribution is 7.89. The van der Waals surface area contributed by atoms with Gasteiger partial charge in [-0.1, -0.05) is 6.07 Å². The fourth-order valence-electron chi connectivity index (χ4n) is 3.82. The van der Waals surface area contributed by atoms with Crippen LogP contribution in [0.2, 0.25) is 0 Å². The van der Waals surface area contributed by atoms with Crippen LogP contribution in [0.5, 0.6) is 5.75 Å². The number of rotatable bonds is 5. The van der Waals surface area contributed by atoms with E-state index in [1.165, 1.54) is 22.4 Å². The molecule has 3 fully saturated rings. The predicted molar refractivity (Wildman–Crippen MR) is 96.7 cm³/mol. The van der Waals surface area contributed by atoms with E-state index in [-0.39, 0.29) is 35.5 Å². The molecule has 3 aliphatic rings. The van der Waals surface area contributed by atoms with E-state index in [0.29, 0.717) is 31.7 Å². The monoisotopic (exact) mass is 393 g/mol. The van der Waals surface area contributed by atoms with Crippen LogP contribution in [-0.2, 0) is 14.8 Å². The highest BCUT2D eigenvalue weighted by atomic mass is 32.2. The van der Waals surface area contributed by atoms with Crippen LogP contribution in [0.3, 0.4) is 0 Å². The third kappa shape index (κ3) is 3.29. The SMILES string of the molecule is COc1cccc(S(=O)(=O)N2CCC(N3CC(=O)N(C4CC4)C3=O)CC2)c1. The molecule has 0 radical (unpaired) electrons. The standard InChI is InChI=1S/C18H23N3O5S/c1-26-15-3-2-4-16(11-15)27(24,25)19-9-7-13(8-10-19)20-12-17(22)21(18(20)23)14-5-6-14/h2-4,11,13-14H,5-10,12H2,1H3. The second-order valence-corrected chi connectivity index (χ2v) is 9.16. The van der Waals surface area contributed by atoms with Crippen molar-refractivity contribution in [3.8, 4) is 5.75 Å². The average molecular weight is 393 g/mol. The molecule has 1 saturated carbocycles. The Balaban J connectivity index is 1.43. The number of piperidine rings is 1. The van der Waals surface area contributed by atoms with Crippen LogP contribution in [0.25, 0.3) is 0 Å². The van der Waals surface area contributed by atoms with Gasteiger partial charge in [-0.3, -0.25) is 9.69 Å². The molecule has 0 atom stereocenters. The van der Waals surface area contributed by atoms with Crippen molar-refractivity contribution in [2.45, 2.75) is 42.7 Å². The Bertz CT molecular complexity index is 860. The molecule has 2 saturated heterocycles. The molecule has 2 aliphatic heterocycles. The first-order chi connectivity index (χ1) is 12.9. The van der Waals surface area contributed by atoms with Crippen LogP contribution >= 0.6 is 0 Å². The summed E-state index contributed by atoms with van der Waals surface area (Å²) < 4.78 is 32.3. The largest absolute Gasteiger partial charge is 0.497 e. The quantitative estimate of drug-likeness (QED) is 0.703. The molecule has 0 bridgehead atoms. The van der Waals surface area contributed by atoms with Crippen LogP contribution in [0.15, 0.2) is 29.2 Å². The summed E-state index contributed by atoms with van der Waals surface area (Å²) in [5.41, 5.74) is 0. The van der Waals surface area contributed by atoms with Gasteiger partial charge in [0.2, 0.25) is 10.0 Å². The van der Waals surface area contributed by atoms with Gasteiger partial charge in [0.15, 0.2) is 0 Å². The van der Waals surface area contributed by atoms with Gasteiger partial charge in [0, 0.05) is 31.2 Å². The van der Waals surface area contributed by atoms with Crippen LogP contribution in [0, 0.1) is 0 Å². The third-order valence-corrected chi connectivity index (χ3v) is 7.38. The number of hydrogen-bond acceptors (Lipinski definition) is 5. The van der Waals surface area contributed by atoms with Gasteiger partial charge < -0.3 is 9.64 Å². The van der Waals surface area contributed by atoms with Crippen molar-refractivity contribution >= 4 is 22.0 Å². The number of imide groups is 1. The van der Waals surface area contributed by atoms with Crippen molar-refractivity contribution in [1.29, 1.82) is 0 Å². The number of urea groups is 1. The van der Waals surface area contributed by atoms with Crippen LogP contribution in [0.4, 0.5) is 4.79 Å². The lowest BCUT2D eigenvalue weighted by molar-refractivity contribution is -0.125. The van der Waals surface area contributed by atoms with Gasteiger partial charge in [-0.15, -0.1) is 0 Å². The Morgan fingerprint density at radius 1 is 1.04 bits per heavy atom. The van der Waals surface area contributed by atoms with E-state index in [1.807, 2.05) is 0 Å². The van der Waals surface area contributed by atoms with E-state index in [0.717, 1.165) is 12.8 Å². The first kappa shape index (κ1) is 18.2. The molecule has 0 spiro atoms. The van der Waals surface area contributed by atoms with Crippen molar-refractivity contribution in [3.05, 3.63) is 24.3 Å². The number of sulfonamides is 1. The number of amides is 3. The summed E-state index contributed by atoms with van der Waals surface area (Å²) in [7, 11) is -2.11. The van der Waals surface area contributed by atoms with Crippen molar-refractivity contribution in [3.63, 3.8) is 0 Å². The van der Waals surface area contributed by atoms with Gasteiger partial charge in [-0.2, -0.15) is 4.31 Å². The van der Waals surface area contributed by atoms with Gasteiger partial charge in [-0.05, 0) is 37.8 Å². The zero-order chi connectivity index (χ0) is 19.2. The van der Waals surface area contributed by atoms with Gasteiger partial charge in [0.1, 0.15) is 12.3 Å². The van der Waals surface area contributed by atoms with Crippen LogP contribution in [0.1, 0.15) is 25.7 Å². The molecule has 0 N–H and O–H groups in total. The zero-order valence-electron chi connectivity index (χ0n) is 15.2. The topological polar surface area (TPSA) is 87.2 Å². The van der Waals surface area contributed by atoms with Crippen molar-refractivity contribution in [2.75, 3.05) is 26.7 Å². The lowest BCUT2D eigenvalue weighted by Crippen LogP contribution is -2.48. The zero-order valence-corrected chi connectivity index (χ0v) is 16.0. The summed E-state index contributed by atoms with van der Waals surface area (Å²) >= 11 is 0. The lowest BCUT2D eigenvalue weighted by Gasteiger charge is -2.35. The first-order valence-electron chi connectivity index (χ1n) is 9.18. The molecule has 0 unspecified atom stereocenters. The fraction of sp³-hybridized carbons (Fsp3) is 0.556. The molecule has 146 valence electrons. The minimum Gasteiger partial charge on any atom is -0.497 e. The van der Waals surface area contributed by atoms with E-state index < -0.39 is 10.0 Å². The number of methoxy groups -OCH3 is 1. The van der Waals surface area contributed by atoms with Crippen LogP contribution in [-0.4, -0.2) is 73.3 Å². The smallest absolute Gasteiger partial charge is 0.327 e. The molecular weight excluding hydrogens is 370 g/mol. The molecule has 9 heteroatoms. The lowest BCUT2D eigenvalue weighted by atomic mass is 10.1. The Morgan fingerprint density at radius 2 is 1.74 bits per heavy atom. The molecule has 4 rings (SSSR count). The van der Waals surface area contributed by atoms with Crippen molar-refractivity contribution < 1.29 is 22.7 Å². The maximum Gasteiger partial charge on any atom is 0.327 e. The summed E-state index contributed by atoms with van der Waals surface area (Å²) in [5.74, 6) is 0.362. The normalized spacial score (nSPS) is 22.6. The number of ether oxygens (including phenoxy) is 1. The van der Waals surface area contributed by atoms with Gasteiger partial charge in [0.25, 0.3) is 5.91 Å². The number of hydrogen-bond donors (Lipinski definition) is 0. The average Bonchev–Trinajstić information content (AvgIpc) is 3.46. The summed E-state index contributed by atoms with van der Waals surface area (Å²) in [4.78, 5) is 27.9. The molecule has 1 aliphatic carbocycles. The predicted octanol–water partition coefficient (Wildman–Crippen LogP) is 1.27. The molecule has 8 nitrogen and oxygen atoms in total.